The average molecular weight is 241 g/mol. The van der Waals surface area contributed by atoms with Crippen molar-refractivity contribution in [2.24, 2.45) is 0 Å². The van der Waals surface area contributed by atoms with Gasteiger partial charge in [0.1, 0.15) is 5.76 Å². The van der Waals surface area contributed by atoms with Gasteiger partial charge in [-0.1, -0.05) is 11.6 Å². The fourth-order valence-electron chi connectivity index (χ4n) is 1.43. The molecule has 0 saturated heterocycles. The van der Waals surface area contributed by atoms with E-state index in [1.54, 1.807) is 31.2 Å². The summed E-state index contributed by atoms with van der Waals surface area (Å²) in [6.45, 7) is 2.13. The van der Waals surface area contributed by atoms with Crippen LogP contribution in [0.2, 0.25) is 5.02 Å². The topological polar surface area (TPSA) is 22.4 Å². The molecule has 1 aromatic carbocycles. The van der Waals surface area contributed by atoms with Gasteiger partial charge < -0.3 is 9.15 Å². The lowest BCUT2D eigenvalue weighted by atomic mass is 10.1. The van der Waals surface area contributed by atoms with Crippen LogP contribution in [-0.4, -0.2) is 6.61 Å². The molecule has 0 spiro atoms. The summed E-state index contributed by atoms with van der Waals surface area (Å²) in [7, 11) is 0. The van der Waals surface area contributed by atoms with E-state index in [0.29, 0.717) is 17.9 Å². The molecule has 0 aliphatic carbocycles. The number of benzene rings is 1. The molecule has 0 fully saturated rings. The Kier molecular flexibility index (Phi) is 3.15. The molecule has 0 radical (unpaired) electrons. The number of halogens is 2. The average Bonchev–Trinajstić information content (AvgIpc) is 2.77. The molecule has 0 bridgehead atoms. The predicted molar refractivity (Wildman–Crippen MR) is 60.3 cm³/mol. The van der Waals surface area contributed by atoms with Crippen LogP contribution in [0.5, 0.6) is 5.75 Å². The first-order chi connectivity index (χ1) is 7.74. The Labute approximate surface area is 97.6 Å². The van der Waals surface area contributed by atoms with Crippen LogP contribution < -0.4 is 4.74 Å². The van der Waals surface area contributed by atoms with Crippen LogP contribution >= 0.6 is 11.6 Å². The molecule has 2 aromatic rings. The Balaban J connectivity index is 2.52. The van der Waals surface area contributed by atoms with Gasteiger partial charge in [0, 0.05) is 0 Å². The predicted octanol–water partition coefficient (Wildman–Crippen LogP) is 4.14. The summed E-state index contributed by atoms with van der Waals surface area (Å²) >= 11 is 5.85. The molecule has 0 N–H and O–H groups in total. The molecule has 0 saturated carbocycles. The van der Waals surface area contributed by atoms with E-state index in [9.17, 15) is 4.39 Å². The molecule has 16 heavy (non-hydrogen) atoms. The summed E-state index contributed by atoms with van der Waals surface area (Å²) in [5.74, 6) is 0.0255. The van der Waals surface area contributed by atoms with Crippen LogP contribution in [0.1, 0.15) is 6.92 Å². The second-order valence-electron chi connectivity index (χ2n) is 3.15. The minimum absolute atomic E-state index is 0.0677. The van der Waals surface area contributed by atoms with Crippen molar-refractivity contribution in [2.45, 2.75) is 6.92 Å². The fourth-order valence-corrected chi connectivity index (χ4v) is 1.63. The van der Waals surface area contributed by atoms with E-state index in [4.69, 9.17) is 20.8 Å². The highest BCUT2D eigenvalue weighted by Crippen LogP contribution is 2.35. The van der Waals surface area contributed by atoms with Gasteiger partial charge in [-0.15, -0.1) is 0 Å². The Morgan fingerprint density at radius 1 is 1.38 bits per heavy atom. The molecule has 84 valence electrons. The third-order valence-corrected chi connectivity index (χ3v) is 2.42. The summed E-state index contributed by atoms with van der Waals surface area (Å²) in [5.41, 5.74) is 0.345. The van der Waals surface area contributed by atoms with Crippen LogP contribution in [-0.2, 0) is 0 Å². The fraction of sp³-hybridized carbons (Fsp3) is 0.167. The van der Waals surface area contributed by atoms with Crippen LogP contribution in [0.4, 0.5) is 4.39 Å². The van der Waals surface area contributed by atoms with Crippen molar-refractivity contribution in [2.75, 3.05) is 6.61 Å². The van der Waals surface area contributed by atoms with Crippen molar-refractivity contribution >= 4 is 11.6 Å². The monoisotopic (exact) mass is 240 g/mol. The van der Waals surface area contributed by atoms with Crippen molar-refractivity contribution < 1.29 is 13.5 Å². The van der Waals surface area contributed by atoms with Crippen LogP contribution in [0.15, 0.2) is 34.9 Å². The summed E-state index contributed by atoms with van der Waals surface area (Å²) in [6.07, 6.45) is 1.49. The lowest BCUT2D eigenvalue weighted by molar-refractivity contribution is 0.322. The zero-order valence-corrected chi connectivity index (χ0v) is 9.42. The normalized spacial score (nSPS) is 10.4. The lowest BCUT2D eigenvalue weighted by Crippen LogP contribution is -1.97. The molecular weight excluding hydrogens is 231 g/mol. The van der Waals surface area contributed by atoms with Gasteiger partial charge in [0.25, 0.3) is 0 Å². The number of hydrogen-bond donors (Lipinski definition) is 0. The molecule has 0 aliphatic heterocycles. The van der Waals surface area contributed by atoms with E-state index in [-0.39, 0.29) is 10.8 Å². The van der Waals surface area contributed by atoms with E-state index >= 15 is 0 Å². The quantitative estimate of drug-likeness (QED) is 0.805. The van der Waals surface area contributed by atoms with Crippen molar-refractivity contribution in [1.82, 2.24) is 0 Å². The van der Waals surface area contributed by atoms with Gasteiger partial charge in [-0.05, 0) is 31.2 Å². The molecule has 1 aromatic heterocycles. The maximum Gasteiger partial charge on any atom is 0.177 e. The maximum atomic E-state index is 14.0. The first-order valence-corrected chi connectivity index (χ1v) is 5.26. The smallest absolute Gasteiger partial charge is 0.177 e. The summed E-state index contributed by atoms with van der Waals surface area (Å²) in [6, 6.07) is 6.54. The second-order valence-corrected chi connectivity index (χ2v) is 3.56. The lowest BCUT2D eigenvalue weighted by Gasteiger charge is -2.09. The van der Waals surface area contributed by atoms with Gasteiger partial charge in [-0.2, -0.15) is 0 Å². The molecule has 1 heterocycles. The minimum atomic E-state index is -0.496. The highest BCUT2D eigenvalue weighted by Gasteiger charge is 2.16. The third-order valence-electron chi connectivity index (χ3n) is 2.12. The highest BCUT2D eigenvalue weighted by atomic mass is 35.5. The van der Waals surface area contributed by atoms with Crippen molar-refractivity contribution in [3.63, 3.8) is 0 Å². The largest absolute Gasteiger partial charge is 0.489 e. The molecule has 0 atom stereocenters. The van der Waals surface area contributed by atoms with Gasteiger partial charge in [-0.3, -0.25) is 0 Å². The van der Waals surface area contributed by atoms with Crippen molar-refractivity contribution in [1.29, 1.82) is 0 Å². The zero-order chi connectivity index (χ0) is 11.5. The molecule has 4 heteroatoms. The SMILES string of the molecule is CCOc1c(Cl)ccc(-c2ccco2)c1F. The summed E-state index contributed by atoms with van der Waals surface area (Å²) in [4.78, 5) is 0. The van der Waals surface area contributed by atoms with Crippen molar-refractivity contribution in [3.05, 3.63) is 41.4 Å². The number of rotatable bonds is 3. The van der Waals surface area contributed by atoms with E-state index in [1.807, 2.05) is 0 Å². The van der Waals surface area contributed by atoms with Gasteiger partial charge in [0.15, 0.2) is 11.6 Å². The summed E-state index contributed by atoms with van der Waals surface area (Å²) < 4.78 is 24.3. The number of hydrogen-bond acceptors (Lipinski definition) is 2. The highest BCUT2D eigenvalue weighted by molar-refractivity contribution is 6.32. The van der Waals surface area contributed by atoms with Crippen molar-refractivity contribution in [3.8, 4) is 17.1 Å². The number of furan rings is 1. The Hall–Kier alpha value is -1.48. The molecule has 0 aliphatic rings. The Morgan fingerprint density at radius 3 is 2.81 bits per heavy atom. The molecule has 0 amide bonds. The maximum absolute atomic E-state index is 14.0. The molecular formula is C12H10ClFO2. The number of ether oxygens (including phenoxy) is 1. The first kappa shape index (κ1) is 11.0. The second kappa shape index (κ2) is 4.58. The van der Waals surface area contributed by atoms with Gasteiger partial charge in [0.2, 0.25) is 0 Å². The standard InChI is InChI=1S/C12H10ClFO2/c1-2-15-12-9(13)6-5-8(11(12)14)10-4-3-7-16-10/h3-7H,2H2,1H3. The Morgan fingerprint density at radius 2 is 2.19 bits per heavy atom. The van der Waals surface area contributed by atoms with Crippen LogP contribution in [0.3, 0.4) is 0 Å². The van der Waals surface area contributed by atoms with E-state index in [2.05, 4.69) is 0 Å². The van der Waals surface area contributed by atoms with E-state index < -0.39 is 5.82 Å². The van der Waals surface area contributed by atoms with Gasteiger partial charge in [0.05, 0.1) is 23.5 Å². The molecule has 0 unspecified atom stereocenters. The van der Waals surface area contributed by atoms with E-state index in [1.165, 1.54) is 6.26 Å². The molecule has 2 nitrogen and oxygen atoms in total. The van der Waals surface area contributed by atoms with Crippen LogP contribution in [0.25, 0.3) is 11.3 Å². The zero-order valence-electron chi connectivity index (χ0n) is 8.67. The third kappa shape index (κ3) is 1.91. The van der Waals surface area contributed by atoms with E-state index in [0.717, 1.165) is 0 Å². The molecule has 2 rings (SSSR count). The Bertz CT molecular complexity index is 480. The first-order valence-electron chi connectivity index (χ1n) is 4.88. The summed E-state index contributed by atoms with van der Waals surface area (Å²) in [5, 5.41) is 0.259. The van der Waals surface area contributed by atoms with Crippen LogP contribution in [0, 0.1) is 5.82 Å². The van der Waals surface area contributed by atoms with Gasteiger partial charge in [-0.25, -0.2) is 4.39 Å². The van der Waals surface area contributed by atoms with Gasteiger partial charge >= 0.3 is 0 Å². The minimum Gasteiger partial charge on any atom is -0.489 e.